The zero-order chi connectivity index (χ0) is 22.8. The Labute approximate surface area is 184 Å². The van der Waals surface area contributed by atoms with Crippen molar-refractivity contribution in [3.63, 3.8) is 0 Å². The van der Waals surface area contributed by atoms with E-state index in [0.717, 1.165) is 42.4 Å². The Kier molecular flexibility index (Phi) is 4.70. The highest BCUT2D eigenvalue weighted by molar-refractivity contribution is 7.91. The molecule has 0 amide bonds. The molecule has 2 aliphatic rings. The first-order valence-electron chi connectivity index (χ1n) is 10.7. The van der Waals surface area contributed by atoms with Gasteiger partial charge in [0.05, 0.1) is 29.4 Å². The van der Waals surface area contributed by atoms with Crippen LogP contribution in [0.4, 0.5) is 4.39 Å². The quantitative estimate of drug-likeness (QED) is 0.538. The summed E-state index contributed by atoms with van der Waals surface area (Å²) in [7, 11) is -2.19. The van der Waals surface area contributed by atoms with Crippen molar-refractivity contribution in [2.75, 3.05) is 5.75 Å². The van der Waals surface area contributed by atoms with Crippen LogP contribution in [-0.2, 0) is 30.0 Å². The Hall–Kier alpha value is -2.75. The number of benzene rings is 1. The summed E-state index contributed by atoms with van der Waals surface area (Å²) >= 11 is 0. The maximum Gasteiger partial charge on any atom is 0.331 e. The highest BCUT2D eigenvalue weighted by atomic mass is 32.2. The van der Waals surface area contributed by atoms with Crippen LogP contribution in [-0.4, -0.2) is 33.1 Å². The molecule has 2 aliphatic carbocycles. The summed E-state index contributed by atoms with van der Waals surface area (Å²) in [5, 5.41) is 4.11. The van der Waals surface area contributed by atoms with Gasteiger partial charge in [0.15, 0.2) is 9.84 Å². The van der Waals surface area contributed by atoms with Gasteiger partial charge < -0.3 is 0 Å². The predicted octanol–water partition coefficient (Wildman–Crippen LogP) is 2.07. The third-order valence-corrected chi connectivity index (χ3v) is 8.55. The fraction of sp³-hybridized carbons (Fsp3) is 0.500. The van der Waals surface area contributed by atoms with E-state index >= 15 is 4.39 Å². The second-order valence-electron chi connectivity index (χ2n) is 9.62. The van der Waals surface area contributed by atoms with E-state index in [9.17, 15) is 18.0 Å². The molecule has 0 saturated heterocycles. The van der Waals surface area contributed by atoms with Gasteiger partial charge in [0.1, 0.15) is 10.7 Å². The van der Waals surface area contributed by atoms with Gasteiger partial charge in [0.2, 0.25) is 0 Å². The Bertz CT molecular complexity index is 1460. The van der Waals surface area contributed by atoms with Gasteiger partial charge in [-0.3, -0.25) is 18.6 Å². The lowest BCUT2D eigenvalue weighted by Gasteiger charge is -2.16. The summed E-state index contributed by atoms with van der Waals surface area (Å²) < 4.78 is 45.0. The molecule has 10 heteroatoms. The van der Waals surface area contributed by atoms with E-state index in [1.165, 1.54) is 4.57 Å². The molecular formula is C22H25FN4O4S. The lowest BCUT2D eigenvalue weighted by Crippen LogP contribution is -2.40. The van der Waals surface area contributed by atoms with Crippen molar-refractivity contribution in [2.45, 2.75) is 50.6 Å². The molecule has 2 aromatic heterocycles. The molecule has 2 saturated carbocycles. The molecule has 0 unspecified atom stereocenters. The predicted molar refractivity (Wildman–Crippen MR) is 117 cm³/mol. The SMILES string of the molecule is Cn1cc(Cn2c(=O)c3cc(S(=O)(=O)CC4(C)CC4)c(F)cc3n(CC3CC3)c2=O)cn1. The smallest absolute Gasteiger partial charge is 0.293 e. The fourth-order valence-electron chi connectivity index (χ4n) is 4.16. The molecule has 170 valence electrons. The summed E-state index contributed by atoms with van der Waals surface area (Å²) in [6.45, 7) is 2.23. The molecule has 0 N–H and O–H groups in total. The van der Waals surface area contributed by atoms with Crippen LogP contribution in [0.3, 0.4) is 0 Å². The maximum atomic E-state index is 15.0. The summed E-state index contributed by atoms with van der Waals surface area (Å²) in [5.74, 6) is -0.787. The van der Waals surface area contributed by atoms with Crippen molar-refractivity contribution in [1.29, 1.82) is 0 Å². The molecule has 2 heterocycles. The largest absolute Gasteiger partial charge is 0.331 e. The van der Waals surface area contributed by atoms with Crippen molar-refractivity contribution in [3.05, 3.63) is 56.7 Å². The zero-order valence-corrected chi connectivity index (χ0v) is 18.9. The number of aromatic nitrogens is 4. The second kappa shape index (κ2) is 7.13. The van der Waals surface area contributed by atoms with Gasteiger partial charge in [-0.2, -0.15) is 5.10 Å². The number of halogens is 1. The highest BCUT2D eigenvalue weighted by Gasteiger charge is 2.42. The van der Waals surface area contributed by atoms with E-state index < -0.39 is 31.8 Å². The second-order valence-corrected chi connectivity index (χ2v) is 11.6. The van der Waals surface area contributed by atoms with Gasteiger partial charge in [-0.15, -0.1) is 0 Å². The van der Waals surface area contributed by atoms with Crippen LogP contribution < -0.4 is 11.2 Å². The van der Waals surface area contributed by atoms with Gasteiger partial charge in [-0.05, 0) is 49.1 Å². The number of hydrogen-bond donors (Lipinski definition) is 0. The molecule has 0 aliphatic heterocycles. The third kappa shape index (κ3) is 3.80. The lowest BCUT2D eigenvalue weighted by molar-refractivity contribution is 0.545. The van der Waals surface area contributed by atoms with Crippen molar-refractivity contribution in [1.82, 2.24) is 18.9 Å². The first kappa shape index (κ1) is 21.1. The lowest BCUT2D eigenvalue weighted by atomic mass is 10.2. The minimum atomic E-state index is -3.92. The monoisotopic (exact) mass is 460 g/mol. The number of nitrogens with zero attached hydrogens (tertiary/aromatic N) is 4. The van der Waals surface area contributed by atoms with Crippen molar-refractivity contribution in [3.8, 4) is 0 Å². The number of rotatable bonds is 7. The molecule has 5 rings (SSSR count). The van der Waals surface area contributed by atoms with E-state index in [1.54, 1.807) is 24.1 Å². The normalized spacial score (nSPS) is 17.7. The van der Waals surface area contributed by atoms with Crippen LogP contribution in [0.25, 0.3) is 10.9 Å². The van der Waals surface area contributed by atoms with Crippen molar-refractivity contribution in [2.24, 2.45) is 18.4 Å². The molecular weight excluding hydrogens is 435 g/mol. The van der Waals surface area contributed by atoms with Crippen molar-refractivity contribution < 1.29 is 12.8 Å². The summed E-state index contributed by atoms with van der Waals surface area (Å²) in [6.07, 6.45) is 6.75. The fourth-order valence-corrected chi connectivity index (χ4v) is 6.18. The summed E-state index contributed by atoms with van der Waals surface area (Å²) in [5.41, 5.74) is -0.691. The van der Waals surface area contributed by atoms with E-state index in [4.69, 9.17) is 0 Å². The Morgan fingerprint density at radius 3 is 2.50 bits per heavy atom. The zero-order valence-electron chi connectivity index (χ0n) is 18.0. The minimum absolute atomic E-state index is 0.00362. The minimum Gasteiger partial charge on any atom is -0.293 e. The van der Waals surface area contributed by atoms with Gasteiger partial charge in [-0.1, -0.05) is 6.92 Å². The molecule has 3 aromatic rings. The number of sulfone groups is 1. The Morgan fingerprint density at radius 1 is 1.19 bits per heavy atom. The number of aryl methyl sites for hydroxylation is 1. The standard InChI is InChI=1S/C22H25FN4O4S/c1-22(5-6-22)13-32(30,31)19-7-16-18(8-17(19)23)26(11-14-3-4-14)21(29)27(20(16)28)12-15-9-24-25(2)10-15/h7-10,14H,3-6,11-13H2,1-2H3. The van der Waals surface area contributed by atoms with E-state index in [1.807, 2.05) is 6.92 Å². The Balaban J connectivity index is 1.71. The molecule has 0 bridgehead atoms. The van der Waals surface area contributed by atoms with Crippen LogP contribution in [0.2, 0.25) is 0 Å². The van der Waals surface area contributed by atoms with Gasteiger partial charge in [0.25, 0.3) is 5.56 Å². The topological polar surface area (TPSA) is 96.0 Å². The molecule has 2 fully saturated rings. The summed E-state index contributed by atoms with van der Waals surface area (Å²) in [6, 6.07) is 2.16. The van der Waals surface area contributed by atoms with E-state index in [0.29, 0.717) is 18.0 Å². The molecule has 0 radical (unpaired) electrons. The first-order chi connectivity index (χ1) is 15.1. The van der Waals surface area contributed by atoms with Crippen molar-refractivity contribution >= 4 is 20.7 Å². The molecule has 0 atom stereocenters. The van der Waals surface area contributed by atoms with Crippen LogP contribution in [0, 0.1) is 17.2 Å². The first-order valence-corrected chi connectivity index (χ1v) is 12.4. The molecule has 32 heavy (non-hydrogen) atoms. The maximum absolute atomic E-state index is 15.0. The van der Waals surface area contributed by atoms with Crippen LogP contribution in [0.15, 0.2) is 39.0 Å². The van der Waals surface area contributed by atoms with Gasteiger partial charge >= 0.3 is 5.69 Å². The number of fused-ring (bicyclic) bond motifs is 1. The van der Waals surface area contributed by atoms with E-state index in [-0.39, 0.29) is 28.6 Å². The van der Waals surface area contributed by atoms with Gasteiger partial charge in [0, 0.05) is 25.4 Å². The van der Waals surface area contributed by atoms with Crippen LogP contribution in [0.1, 0.15) is 38.2 Å². The van der Waals surface area contributed by atoms with Crippen LogP contribution >= 0.6 is 0 Å². The molecule has 8 nitrogen and oxygen atoms in total. The third-order valence-electron chi connectivity index (χ3n) is 6.49. The average molecular weight is 461 g/mol. The van der Waals surface area contributed by atoms with E-state index in [2.05, 4.69) is 5.10 Å². The average Bonchev–Trinajstić information content (AvgIpc) is 3.63. The number of hydrogen-bond acceptors (Lipinski definition) is 5. The molecule has 1 aromatic carbocycles. The highest BCUT2D eigenvalue weighted by Crippen LogP contribution is 2.47. The van der Waals surface area contributed by atoms with Gasteiger partial charge in [-0.25, -0.2) is 17.6 Å². The van der Waals surface area contributed by atoms with Crippen LogP contribution in [0.5, 0.6) is 0 Å². The molecule has 0 spiro atoms. The summed E-state index contributed by atoms with van der Waals surface area (Å²) in [4.78, 5) is 26.1. The Morgan fingerprint density at radius 2 is 1.91 bits per heavy atom.